The molecule has 0 aliphatic heterocycles. The van der Waals surface area contributed by atoms with E-state index in [0.29, 0.717) is 4.47 Å². The topological polar surface area (TPSA) is 38.0 Å². The molecular weight excluding hydrogens is 333 g/mol. The van der Waals surface area contributed by atoms with Gasteiger partial charge < -0.3 is 0 Å². The average Bonchev–Trinajstić information content (AvgIpc) is 2.40. The van der Waals surface area contributed by atoms with Crippen molar-refractivity contribution in [2.75, 3.05) is 0 Å². The Morgan fingerprint density at radius 2 is 1.80 bits per heavy atom. The van der Waals surface area contributed by atoms with Gasteiger partial charge in [-0.1, -0.05) is 28.1 Å². The lowest BCUT2D eigenvalue weighted by Gasteiger charge is -2.20. The molecule has 0 heterocycles. The highest BCUT2D eigenvalue weighted by Crippen LogP contribution is 2.30. The van der Waals surface area contributed by atoms with Crippen LogP contribution in [-0.4, -0.2) is 0 Å². The molecule has 0 aliphatic rings. The summed E-state index contributed by atoms with van der Waals surface area (Å²) in [6.07, 6.45) is 0. The zero-order chi connectivity index (χ0) is 14.9. The molecule has 0 aromatic heterocycles. The summed E-state index contributed by atoms with van der Waals surface area (Å²) in [7, 11) is 0. The van der Waals surface area contributed by atoms with Crippen molar-refractivity contribution in [3.63, 3.8) is 0 Å². The van der Waals surface area contributed by atoms with Crippen LogP contribution in [0, 0.1) is 24.4 Å². The Bertz CT molecular complexity index is 647. The highest BCUT2D eigenvalue weighted by Gasteiger charge is 2.24. The fourth-order valence-corrected chi connectivity index (χ4v) is 2.34. The van der Waals surface area contributed by atoms with Gasteiger partial charge in [0.05, 0.1) is 6.04 Å². The molecule has 0 bridgehead atoms. The van der Waals surface area contributed by atoms with Crippen LogP contribution in [0.5, 0.6) is 0 Å². The summed E-state index contributed by atoms with van der Waals surface area (Å²) >= 11 is 3.12. The van der Waals surface area contributed by atoms with Crippen molar-refractivity contribution < 1.29 is 13.2 Å². The number of benzene rings is 2. The van der Waals surface area contributed by atoms with Crippen molar-refractivity contribution in [3.05, 3.63) is 68.9 Å². The van der Waals surface area contributed by atoms with Crippen LogP contribution in [0.4, 0.5) is 13.2 Å². The second-order valence-corrected chi connectivity index (χ2v) is 5.27. The number of halogens is 4. The van der Waals surface area contributed by atoms with Gasteiger partial charge in [0.2, 0.25) is 0 Å². The molecule has 20 heavy (non-hydrogen) atoms. The first-order valence-corrected chi connectivity index (χ1v) is 6.60. The Balaban J connectivity index is 2.61. The largest absolute Gasteiger partial charge is 0.271 e. The van der Waals surface area contributed by atoms with Crippen LogP contribution in [0.15, 0.2) is 34.8 Å². The average molecular weight is 345 g/mol. The van der Waals surface area contributed by atoms with Crippen molar-refractivity contribution in [2.45, 2.75) is 13.0 Å². The summed E-state index contributed by atoms with van der Waals surface area (Å²) in [5.74, 6) is 3.24. The molecule has 2 aromatic carbocycles. The molecule has 6 heteroatoms. The normalized spacial score (nSPS) is 12.5. The van der Waals surface area contributed by atoms with E-state index in [-0.39, 0.29) is 16.7 Å². The number of hydrazine groups is 1. The van der Waals surface area contributed by atoms with Gasteiger partial charge in [0.15, 0.2) is 0 Å². The molecule has 2 aromatic rings. The first kappa shape index (κ1) is 15.0. The van der Waals surface area contributed by atoms with Crippen LogP contribution in [0.1, 0.15) is 22.7 Å². The van der Waals surface area contributed by atoms with E-state index in [1.165, 1.54) is 25.1 Å². The maximum Gasteiger partial charge on any atom is 0.134 e. The minimum atomic E-state index is -1.11. The maximum atomic E-state index is 14.1. The van der Waals surface area contributed by atoms with E-state index in [2.05, 4.69) is 21.4 Å². The first-order valence-electron chi connectivity index (χ1n) is 5.81. The summed E-state index contributed by atoms with van der Waals surface area (Å²) in [5.41, 5.74) is 2.30. The highest BCUT2D eigenvalue weighted by molar-refractivity contribution is 9.10. The van der Waals surface area contributed by atoms with Gasteiger partial charge in [0.1, 0.15) is 17.5 Å². The Kier molecular flexibility index (Phi) is 4.47. The lowest BCUT2D eigenvalue weighted by atomic mass is 9.96. The van der Waals surface area contributed by atoms with E-state index >= 15 is 0 Å². The third-order valence-corrected chi connectivity index (χ3v) is 3.54. The van der Waals surface area contributed by atoms with Gasteiger partial charge in [0, 0.05) is 15.6 Å². The van der Waals surface area contributed by atoms with Crippen molar-refractivity contribution >= 4 is 15.9 Å². The predicted molar refractivity (Wildman–Crippen MR) is 74.4 cm³/mol. The van der Waals surface area contributed by atoms with E-state index in [4.69, 9.17) is 5.84 Å². The Hall–Kier alpha value is -1.37. The van der Waals surface area contributed by atoms with Crippen molar-refractivity contribution in [3.8, 4) is 0 Å². The van der Waals surface area contributed by atoms with Crippen LogP contribution >= 0.6 is 15.9 Å². The van der Waals surface area contributed by atoms with E-state index in [0.717, 1.165) is 6.07 Å². The van der Waals surface area contributed by atoms with E-state index < -0.39 is 23.5 Å². The van der Waals surface area contributed by atoms with Gasteiger partial charge in [0.25, 0.3) is 0 Å². The van der Waals surface area contributed by atoms with Gasteiger partial charge in [-0.05, 0) is 30.7 Å². The number of nitrogens with two attached hydrogens (primary N) is 1. The summed E-state index contributed by atoms with van der Waals surface area (Å²) in [4.78, 5) is 0. The van der Waals surface area contributed by atoms with Crippen LogP contribution in [0.25, 0.3) is 0 Å². The highest BCUT2D eigenvalue weighted by atomic mass is 79.9. The molecule has 0 saturated heterocycles. The smallest absolute Gasteiger partial charge is 0.134 e. The fraction of sp³-hybridized carbons (Fsp3) is 0.143. The minimum Gasteiger partial charge on any atom is -0.271 e. The van der Waals surface area contributed by atoms with Crippen LogP contribution in [-0.2, 0) is 0 Å². The molecular formula is C14H12BrF3N2. The second-order valence-electron chi connectivity index (χ2n) is 4.36. The van der Waals surface area contributed by atoms with Gasteiger partial charge >= 0.3 is 0 Å². The lowest BCUT2D eigenvalue weighted by Crippen LogP contribution is -2.31. The van der Waals surface area contributed by atoms with Crippen LogP contribution in [0.3, 0.4) is 0 Å². The number of nitrogens with one attached hydrogen (secondary N) is 1. The Labute approximate surface area is 122 Å². The third kappa shape index (κ3) is 2.72. The molecule has 106 valence electrons. The van der Waals surface area contributed by atoms with Gasteiger partial charge in [-0.2, -0.15) is 0 Å². The monoisotopic (exact) mass is 344 g/mol. The number of rotatable bonds is 3. The van der Waals surface area contributed by atoms with E-state index in [1.807, 2.05) is 0 Å². The molecule has 2 rings (SSSR count). The maximum absolute atomic E-state index is 14.1. The fourth-order valence-electron chi connectivity index (χ4n) is 2.01. The molecule has 0 radical (unpaired) electrons. The third-order valence-electron chi connectivity index (χ3n) is 3.05. The molecule has 0 saturated carbocycles. The standard InChI is InChI=1S/C14H12BrF3N2/c1-7-2-5-10(16)12(13(7)18)14(20-19)9-4-3-8(15)6-11(9)17/h2-6,14,20H,19H2,1H3. The summed E-state index contributed by atoms with van der Waals surface area (Å²) < 4.78 is 42.5. The molecule has 0 amide bonds. The van der Waals surface area contributed by atoms with E-state index in [1.54, 1.807) is 6.07 Å². The molecule has 1 unspecified atom stereocenters. The molecule has 0 spiro atoms. The molecule has 0 aliphatic carbocycles. The van der Waals surface area contributed by atoms with Gasteiger partial charge in [-0.25, -0.2) is 18.6 Å². The van der Waals surface area contributed by atoms with Crippen molar-refractivity contribution in [1.29, 1.82) is 0 Å². The quantitative estimate of drug-likeness (QED) is 0.657. The van der Waals surface area contributed by atoms with Crippen molar-refractivity contribution in [1.82, 2.24) is 5.43 Å². The summed E-state index contributed by atoms with van der Waals surface area (Å²) in [5, 5.41) is 0. The Morgan fingerprint density at radius 3 is 2.40 bits per heavy atom. The van der Waals surface area contributed by atoms with Gasteiger partial charge in [-0.3, -0.25) is 5.84 Å². The molecule has 1 atom stereocenters. The van der Waals surface area contributed by atoms with Crippen LogP contribution < -0.4 is 11.3 Å². The number of hydrogen-bond donors (Lipinski definition) is 2. The molecule has 0 fully saturated rings. The summed E-state index contributed by atoms with van der Waals surface area (Å²) in [6.45, 7) is 1.50. The van der Waals surface area contributed by atoms with Crippen LogP contribution in [0.2, 0.25) is 0 Å². The minimum absolute atomic E-state index is 0.0686. The zero-order valence-corrected chi connectivity index (χ0v) is 12.1. The lowest BCUT2D eigenvalue weighted by molar-refractivity contribution is 0.492. The second kappa shape index (κ2) is 5.95. The predicted octanol–water partition coefficient (Wildman–Crippen LogP) is 3.73. The SMILES string of the molecule is Cc1ccc(F)c(C(NN)c2ccc(Br)cc2F)c1F. The van der Waals surface area contributed by atoms with Crippen molar-refractivity contribution in [2.24, 2.45) is 5.84 Å². The Morgan fingerprint density at radius 1 is 1.10 bits per heavy atom. The van der Waals surface area contributed by atoms with Gasteiger partial charge in [-0.15, -0.1) is 0 Å². The number of hydrogen-bond acceptors (Lipinski definition) is 2. The molecule has 2 nitrogen and oxygen atoms in total. The number of aryl methyl sites for hydroxylation is 1. The first-order chi connectivity index (χ1) is 9.45. The van der Waals surface area contributed by atoms with E-state index in [9.17, 15) is 13.2 Å². The summed E-state index contributed by atoms with van der Waals surface area (Å²) in [6, 6.07) is 5.56. The molecule has 3 N–H and O–H groups in total. The zero-order valence-electron chi connectivity index (χ0n) is 10.6.